The van der Waals surface area contributed by atoms with Gasteiger partial charge in [-0.3, -0.25) is 5.84 Å². The Morgan fingerprint density at radius 2 is 2.06 bits per heavy atom. The number of ether oxygens (including phenoxy) is 1. The van der Waals surface area contributed by atoms with Crippen LogP contribution in [-0.4, -0.2) is 12.1 Å². The predicted octanol–water partition coefficient (Wildman–Crippen LogP) is 2.28. The predicted molar refractivity (Wildman–Crippen MR) is 69.7 cm³/mol. The zero-order chi connectivity index (χ0) is 12.4. The number of nitrogens with two attached hydrogens (primary N) is 1. The summed E-state index contributed by atoms with van der Waals surface area (Å²) in [5.74, 6) is 5.56. The summed E-state index contributed by atoms with van der Waals surface area (Å²) >= 11 is 0. The fourth-order valence-electron chi connectivity index (χ4n) is 2.08. The number of rotatable bonds is 3. The SMILES string of the molecule is COCc1cc(NN)c2cc(C)cc(C)c2n1. The Hall–Kier alpha value is -1.65. The van der Waals surface area contributed by atoms with E-state index in [4.69, 9.17) is 10.6 Å². The van der Waals surface area contributed by atoms with Crippen molar-refractivity contribution in [3.63, 3.8) is 0 Å². The van der Waals surface area contributed by atoms with Crippen molar-refractivity contribution in [1.82, 2.24) is 4.98 Å². The van der Waals surface area contributed by atoms with Crippen molar-refractivity contribution in [3.8, 4) is 0 Å². The minimum absolute atomic E-state index is 0.484. The molecule has 0 aliphatic carbocycles. The fourth-order valence-corrected chi connectivity index (χ4v) is 2.08. The first-order valence-electron chi connectivity index (χ1n) is 5.52. The van der Waals surface area contributed by atoms with Crippen LogP contribution in [0.4, 0.5) is 5.69 Å². The highest BCUT2D eigenvalue weighted by molar-refractivity contribution is 5.93. The average molecular weight is 231 g/mol. The van der Waals surface area contributed by atoms with Gasteiger partial charge in [-0.05, 0) is 31.5 Å². The lowest BCUT2D eigenvalue weighted by atomic mass is 10.0. The first-order chi connectivity index (χ1) is 8.15. The van der Waals surface area contributed by atoms with Gasteiger partial charge < -0.3 is 10.2 Å². The highest BCUT2D eigenvalue weighted by atomic mass is 16.5. The maximum absolute atomic E-state index is 5.56. The van der Waals surface area contributed by atoms with Gasteiger partial charge in [0.25, 0.3) is 0 Å². The molecule has 0 saturated carbocycles. The molecule has 0 spiro atoms. The summed E-state index contributed by atoms with van der Waals surface area (Å²) in [7, 11) is 1.66. The molecular formula is C13H17N3O. The van der Waals surface area contributed by atoms with Crippen molar-refractivity contribution >= 4 is 16.6 Å². The quantitative estimate of drug-likeness (QED) is 0.628. The van der Waals surface area contributed by atoms with E-state index in [2.05, 4.69) is 36.4 Å². The number of methoxy groups -OCH3 is 1. The number of aryl methyl sites for hydroxylation is 2. The standard InChI is InChI=1S/C13H17N3O/c1-8-4-9(2)13-11(5-8)12(16-14)6-10(15-13)7-17-3/h4-6H,7,14H2,1-3H3,(H,15,16). The van der Waals surface area contributed by atoms with Gasteiger partial charge in [-0.2, -0.15) is 0 Å². The molecule has 2 aromatic rings. The molecule has 0 aliphatic rings. The summed E-state index contributed by atoms with van der Waals surface area (Å²) in [6.45, 7) is 4.60. The number of nitrogens with zero attached hydrogens (tertiary/aromatic N) is 1. The van der Waals surface area contributed by atoms with Gasteiger partial charge in [0, 0.05) is 12.5 Å². The molecule has 4 heteroatoms. The van der Waals surface area contributed by atoms with Crippen molar-refractivity contribution in [2.45, 2.75) is 20.5 Å². The van der Waals surface area contributed by atoms with Gasteiger partial charge in [0.15, 0.2) is 0 Å². The molecule has 0 amide bonds. The Morgan fingerprint density at radius 3 is 2.71 bits per heavy atom. The smallest absolute Gasteiger partial charge is 0.0885 e. The van der Waals surface area contributed by atoms with Crippen LogP contribution in [0.2, 0.25) is 0 Å². The van der Waals surface area contributed by atoms with E-state index >= 15 is 0 Å². The van der Waals surface area contributed by atoms with Crippen LogP contribution in [0, 0.1) is 13.8 Å². The number of anilines is 1. The highest BCUT2D eigenvalue weighted by Crippen LogP contribution is 2.26. The molecule has 90 valence electrons. The fraction of sp³-hybridized carbons (Fsp3) is 0.308. The van der Waals surface area contributed by atoms with E-state index in [0.717, 1.165) is 27.8 Å². The number of hydrazine groups is 1. The third-order valence-corrected chi connectivity index (χ3v) is 2.75. The van der Waals surface area contributed by atoms with E-state index in [-0.39, 0.29) is 0 Å². The van der Waals surface area contributed by atoms with Crippen molar-refractivity contribution in [1.29, 1.82) is 0 Å². The molecule has 3 N–H and O–H groups in total. The third kappa shape index (κ3) is 2.23. The number of fused-ring (bicyclic) bond motifs is 1. The second-order valence-electron chi connectivity index (χ2n) is 4.22. The van der Waals surface area contributed by atoms with Crippen LogP contribution in [0.3, 0.4) is 0 Å². The zero-order valence-corrected chi connectivity index (χ0v) is 10.4. The first-order valence-corrected chi connectivity index (χ1v) is 5.52. The van der Waals surface area contributed by atoms with Gasteiger partial charge in [-0.25, -0.2) is 4.98 Å². The maximum Gasteiger partial charge on any atom is 0.0885 e. The molecule has 0 atom stereocenters. The van der Waals surface area contributed by atoms with Gasteiger partial charge in [0.05, 0.1) is 23.5 Å². The molecule has 1 heterocycles. The third-order valence-electron chi connectivity index (χ3n) is 2.75. The highest BCUT2D eigenvalue weighted by Gasteiger charge is 2.08. The number of aromatic nitrogens is 1. The van der Waals surface area contributed by atoms with Crippen molar-refractivity contribution in [3.05, 3.63) is 35.0 Å². The van der Waals surface area contributed by atoms with Crippen LogP contribution >= 0.6 is 0 Å². The summed E-state index contributed by atoms with van der Waals surface area (Å²) in [6.07, 6.45) is 0. The molecule has 0 fully saturated rings. The molecule has 2 rings (SSSR count). The molecule has 1 aromatic carbocycles. The van der Waals surface area contributed by atoms with E-state index in [1.807, 2.05) is 6.07 Å². The summed E-state index contributed by atoms with van der Waals surface area (Å²) in [5, 5.41) is 1.05. The van der Waals surface area contributed by atoms with E-state index in [0.29, 0.717) is 6.61 Å². The van der Waals surface area contributed by atoms with Crippen molar-refractivity contribution in [2.75, 3.05) is 12.5 Å². The number of nitrogen functional groups attached to an aromatic ring is 1. The Bertz CT molecular complexity index is 552. The molecule has 0 bridgehead atoms. The largest absolute Gasteiger partial charge is 0.378 e. The summed E-state index contributed by atoms with van der Waals surface area (Å²) < 4.78 is 5.11. The van der Waals surface area contributed by atoms with Gasteiger partial charge >= 0.3 is 0 Å². The van der Waals surface area contributed by atoms with Gasteiger partial charge in [-0.15, -0.1) is 0 Å². The minimum atomic E-state index is 0.484. The molecule has 0 aliphatic heterocycles. The van der Waals surface area contributed by atoms with Crippen molar-refractivity contribution < 1.29 is 4.74 Å². The van der Waals surface area contributed by atoms with Crippen LogP contribution in [0.1, 0.15) is 16.8 Å². The Kier molecular flexibility index (Phi) is 3.26. The molecule has 1 aromatic heterocycles. The van der Waals surface area contributed by atoms with E-state index in [9.17, 15) is 0 Å². The number of hydrogen-bond donors (Lipinski definition) is 2. The normalized spacial score (nSPS) is 10.8. The second kappa shape index (κ2) is 4.69. The van der Waals surface area contributed by atoms with Crippen LogP contribution in [0.15, 0.2) is 18.2 Å². The van der Waals surface area contributed by atoms with Gasteiger partial charge in [-0.1, -0.05) is 11.6 Å². The lowest BCUT2D eigenvalue weighted by Crippen LogP contribution is -2.09. The van der Waals surface area contributed by atoms with E-state index in [1.54, 1.807) is 7.11 Å². The van der Waals surface area contributed by atoms with Crippen LogP contribution in [-0.2, 0) is 11.3 Å². The first kappa shape index (κ1) is 11.8. The maximum atomic E-state index is 5.56. The Balaban J connectivity index is 2.73. The minimum Gasteiger partial charge on any atom is -0.378 e. The van der Waals surface area contributed by atoms with Gasteiger partial charge in [0.1, 0.15) is 0 Å². The lowest BCUT2D eigenvalue weighted by Gasteiger charge is -2.11. The van der Waals surface area contributed by atoms with Crippen LogP contribution in [0.5, 0.6) is 0 Å². The zero-order valence-electron chi connectivity index (χ0n) is 10.4. The molecule has 4 nitrogen and oxygen atoms in total. The lowest BCUT2D eigenvalue weighted by molar-refractivity contribution is 0.182. The van der Waals surface area contributed by atoms with Crippen molar-refractivity contribution in [2.24, 2.45) is 5.84 Å². The number of pyridine rings is 1. The summed E-state index contributed by atoms with van der Waals surface area (Å²) in [6, 6.07) is 6.12. The number of nitrogens with one attached hydrogen (secondary N) is 1. The topological polar surface area (TPSA) is 60.2 Å². The Morgan fingerprint density at radius 1 is 1.29 bits per heavy atom. The number of benzene rings is 1. The average Bonchev–Trinajstić information content (AvgIpc) is 2.29. The second-order valence-corrected chi connectivity index (χ2v) is 4.22. The molecule has 0 saturated heterocycles. The Labute approximate surface area is 101 Å². The molecule has 0 unspecified atom stereocenters. The molecule has 0 radical (unpaired) electrons. The van der Waals surface area contributed by atoms with Gasteiger partial charge in [0.2, 0.25) is 0 Å². The molecule has 17 heavy (non-hydrogen) atoms. The number of hydrogen-bond acceptors (Lipinski definition) is 4. The molecular weight excluding hydrogens is 214 g/mol. The van der Waals surface area contributed by atoms with E-state index < -0.39 is 0 Å². The van der Waals surface area contributed by atoms with Crippen LogP contribution in [0.25, 0.3) is 10.9 Å². The van der Waals surface area contributed by atoms with E-state index in [1.165, 1.54) is 5.56 Å². The van der Waals surface area contributed by atoms with Crippen LogP contribution < -0.4 is 11.3 Å². The summed E-state index contributed by atoms with van der Waals surface area (Å²) in [5.41, 5.74) is 7.81. The monoisotopic (exact) mass is 231 g/mol. The summed E-state index contributed by atoms with van der Waals surface area (Å²) in [4.78, 5) is 4.59.